The molecule has 1 aliphatic carbocycles. The van der Waals surface area contributed by atoms with E-state index in [1.54, 1.807) is 0 Å². The predicted octanol–water partition coefficient (Wildman–Crippen LogP) is 0.903. The van der Waals surface area contributed by atoms with Crippen LogP contribution in [-0.4, -0.2) is 38.2 Å². The molecule has 18 heavy (non-hydrogen) atoms. The molecule has 1 amide bonds. The number of nitrogens with one attached hydrogen (secondary N) is 1. The van der Waals surface area contributed by atoms with E-state index in [9.17, 15) is 13.8 Å². The van der Waals surface area contributed by atoms with Crippen molar-refractivity contribution in [3.8, 4) is 0 Å². The number of carboxylic acid groups (broad SMARTS) is 1. The van der Waals surface area contributed by atoms with Crippen molar-refractivity contribution >= 4 is 22.7 Å². The fourth-order valence-corrected chi connectivity index (χ4v) is 3.84. The molecular formula is C12H21NO4S. The Labute approximate surface area is 110 Å². The Kier molecular flexibility index (Phi) is 5.78. The quantitative estimate of drug-likeness (QED) is 0.781. The summed E-state index contributed by atoms with van der Waals surface area (Å²) < 4.78 is 12.1. The zero-order chi connectivity index (χ0) is 13.7. The highest BCUT2D eigenvalue weighted by molar-refractivity contribution is 7.85. The van der Waals surface area contributed by atoms with Crippen LogP contribution in [0.4, 0.5) is 0 Å². The second-order valence-corrected chi connectivity index (χ2v) is 6.78. The molecule has 0 aromatic rings. The first-order chi connectivity index (χ1) is 8.40. The molecule has 0 aromatic carbocycles. The molecule has 0 bridgehead atoms. The molecule has 2 atom stereocenters. The molecule has 0 radical (unpaired) electrons. The lowest BCUT2D eigenvalue weighted by Crippen LogP contribution is -2.44. The predicted molar refractivity (Wildman–Crippen MR) is 69.7 cm³/mol. The molecule has 0 aliphatic heterocycles. The third-order valence-corrected chi connectivity index (χ3v) is 5.22. The monoisotopic (exact) mass is 275 g/mol. The molecule has 0 saturated heterocycles. The van der Waals surface area contributed by atoms with E-state index in [2.05, 4.69) is 12.2 Å². The SMILES string of the molecule is CC(=O)NC(CS(=O)C1CCC(C)CC1)C(=O)O. The van der Waals surface area contributed by atoms with Gasteiger partial charge >= 0.3 is 5.97 Å². The van der Waals surface area contributed by atoms with Gasteiger partial charge in [-0.05, 0) is 31.6 Å². The van der Waals surface area contributed by atoms with Crippen LogP contribution in [0.3, 0.4) is 0 Å². The highest BCUT2D eigenvalue weighted by atomic mass is 32.2. The smallest absolute Gasteiger partial charge is 0.327 e. The molecule has 1 rings (SSSR count). The van der Waals surface area contributed by atoms with Gasteiger partial charge in [-0.25, -0.2) is 4.79 Å². The van der Waals surface area contributed by atoms with Gasteiger partial charge in [0, 0.05) is 23.0 Å². The van der Waals surface area contributed by atoms with E-state index in [1.807, 2.05) is 0 Å². The van der Waals surface area contributed by atoms with Gasteiger partial charge in [0.25, 0.3) is 0 Å². The number of hydrogen-bond acceptors (Lipinski definition) is 3. The molecule has 2 unspecified atom stereocenters. The summed E-state index contributed by atoms with van der Waals surface area (Å²) >= 11 is 0. The topological polar surface area (TPSA) is 83.5 Å². The minimum Gasteiger partial charge on any atom is -0.480 e. The third kappa shape index (κ3) is 4.76. The summed E-state index contributed by atoms with van der Waals surface area (Å²) in [6.45, 7) is 3.44. The minimum absolute atomic E-state index is 0.00790. The minimum atomic E-state index is -1.18. The summed E-state index contributed by atoms with van der Waals surface area (Å²) in [5.41, 5.74) is 0. The van der Waals surface area contributed by atoms with E-state index >= 15 is 0 Å². The van der Waals surface area contributed by atoms with Crippen molar-refractivity contribution in [2.45, 2.75) is 50.8 Å². The summed E-state index contributed by atoms with van der Waals surface area (Å²) in [5, 5.41) is 11.4. The fourth-order valence-electron chi connectivity index (χ4n) is 2.21. The van der Waals surface area contributed by atoms with Crippen molar-refractivity contribution < 1.29 is 18.9 Å². The fraction of sp³-hybridized carbons (Fsp3) is 0.833. The van der Waals surface area contributed by atoms with Crippen LogP contribution in [0.25, 0.3) is 0 Å². The third-order valence-electron chi connectivity index (χ3n) is 3.34. The number of hydrogen-bond donors (Lipinski definition) is 2. The van der Waals surface area contributed by atoms with Crippen LogP contribution in [0.5, 0.6) is 0 Å². The van der Waals surface area contributed by atoms with Gasteiger partial charge in [0.2, 0.25) is 5.91 Å². The molecule has 6 heteroatoms. The molecule has 2 N–H and O–H groups in total. The van der Waals surface area contributed by atoms with Crippen LogP contribution in [0.15, 0.2) is 0 Å². The van der Waals surface area contributed by atoms with E-state index in [4.69, 9.17) is 5.11 Å². The summed E-state index contributed by atoms with van der Waals surface area (Å²) in [4.78, 5) is 21.8. The summed E-state index contributed by atoms with van der Waals surface area (Å²) in [7, 11) is -1.18. The molecule has 5 nitrogen and oxygen atoms in total. The first-order valence-electron chi connectivity index (χ1n) is 6.27. The first kappa shape index (κ1) is 15.1. The zero-order valence-electron chi connectivity index (χ0n) is 10.8. The van der Waals surface area contributed by atoms with E-state index in [0.29, 0.717) is 5.92 Å². The Bertz CT molecular complexity index is 337. The second kappa shape index (κ2) is 6.87. The maximum absolute atomic E-state index is 12.1. The molecular weight excluding hydrogens is 254 g/mol. The highest BCUT2D eigenvalue weighted by Crippen LogP contribution is 2.27. The van der Waals surface area contributed by atoms with Crippen molar-refractivity contribution in [3.63, 3.8) is 0 Å². The molecule has 1 saturated carbocycles. The lowest BCUT2D eigenvalue weighted by atomic mass is 9.91. The molecule has 0 spiro atoms. The largest absolute Gasteiger partial charge is 0.480 e. The van der Waals surface area contributed by atoms with Gasteiger partial charge < -0.3 is 10.4 Å². The van der Waals surface area contributed by atoms with Crippen LogP contribution >= 0.6 is 0 Å². The van der Waals surface area contributed by atoms with Crippen molar-refractivity contribution in [2.75, 3.05) is 5.75 Å². The Balaban J connectivity index is 2.50. The van der Waals surface area contributed by atoms with Gasteiger partial charge in [0.15, 0.2) is 0 Å². The second-order valence-electron chi connectivity index (χ2n) is 5.02. The van der Waals surface area contributed by atoms with E-state index in [-0.39, 0.29) is 11.0 Å². The Morgan fingerprint density at radius 3 is 2.33 bits per heavy atom. The first-order valence-corrected chi connectivity index (χ1v) is 7.65. The van der Waals surface area contributed by atoms with Crippen LogP contribution in [0, 0.1) is 5.92 Å². The number of carbonyl (C=O) groups is 2. The summed E-state index contributed by atoms with van der Waals surface area (Å²) in [5.74, 6) is -0.850. The van der Waals surface area contributed by atoms with E-state index in [1.165, 1.54) is 6.92 Å². The standard InChI is InChI=1S/C12H21NO4S/c1-8-3-5-10(6-4-8)18(17)7-11(12(15)16)13-9(2)14/h8,10-11H,3-7H2,1-2H3,(H,13,14)(H,15,16). The van der Waals surface area contributed by atoms with Crippen LogP contribution < -0.4 is 5.32 Å². The number of rotatable bonds is 5. The number of carboxylic acids is 1. The lowest BCUT2D eigenvalue weighted by molar-refractivity contribution is -0.140. The molecule has 1 aliphatic rings. The van der Waals surface area contributed by atoms with Gasteiger partial charge in [0.05, 0.1) is 5.75 Å². The maximum atomic E-state index is 12.1. The summed E-state index contributed by atoms with van der Waals surface area (Å²) in [6, 6.07) is -1.04. The van der Waals surface area contributed by atoms with Gasteiger partial charge in [-0.1, -0.05) is 6.92 Å². The normalized spacial score (nSPS) is 27.2. The van der Waals surface area contributed by atoms with Gasteiger partial charge in [0.1, 0.15) is 6.04 Å². The van der Waals surface area contributed by atoms with Crippen molar-refractivity contribution in [1.29, 1.82) is 0 Å². The van der Waals surface area contributed by atoms with Crippen LogP contribution in [0.2, 0.25) is 0 Å². The highest BCUT2D eigenvalue weighted by Gasteiger charge is 2.28. The maximum Gasteiger partial charge on any atom is 0.327 e. The van der Waals surface area contributed by atoms with E-state index < -0.39 is 28.7 Å². The average Bonchev–Trinajstić information content (AvgIpc) is 2.28. The van der Waals surface area contributed by atoms with Crippen LogP contribution in [-0.2, 0) is 20.4 Å². The Morgan fingerprint density at radius 1 is 1.33 bits per heavy atom. The number of amides is 1. The lowest BCUT2D eigenvalue weighted by Gasteiger charge is -2.26. The average molecular weight is 275 g/mol. The summed E-state index contributed by atoms with van der Waals surface area (Å²) in [6.07, 6.45) is 3.88. The molecule has 0 heterocycles. The van der Waals surface area contributed by atoms with Gasteiger partial charge in [-0.3, -0.25) is 9.00 Å². The molecule has 0 aromatic heterocycles. The van der Waals surface area contributed by atoms with E-state index in [0.717, 1.165) is 25.7 Å². The van der Waals surface area contributed by atoms with Gasteiger partial charge in [-0.2, -0.15) is 0 Å². The van der Waals surface area contributed by atoms with Gasteiger partial charge in [-0.15, -0.1) is 0 Å². The zero-order valence-corrected chi connectivity index (χ0v) is 11.7. The molecule has 104 valence electrons. The number of carbonyl (C=O) groups excluding carboxylic acids is 1. The van der Waals surface area contributed by atoms with Crippen molar-refractivity contribution in [2.24, 2.45) is 5.92 Å². The Hall–Kier alpha value is -0.910. The van der Waals surface area contributed by atoms with Crippen molar-refractivity contribution in [1.82, 2.24) is 5.32 Å². The van der Waals surface area contributed by atoms with Crippen molar-refractivity contribution in [3.05, 3.63) is 0 Å². The Morgan fingerprint density at radius 2 is 1.89 bits per heavy atom. The number of aliphatic carboxylic acids is 1. The van der Waals surface area contributed by atoms with Crippen LogP contribution in [0.1, 0.15) is 39.5 Å². The molecule has 1 fully saturated rings.